The van der Waals surface area contributed by atoms with Crippen molar-refractivity contribution in [2.45, 2.75) is 95.7 Å². The fourth-order valence-corrected chi connectivity index (χ4v) is 6.34. The molecule has 0 spiro atoms. The molecule has 2 saturated heterocycles. The average molecular weight is 465 g/mol. The summed E-state index contributed by atoms with van der Waals surface area (Å²) in [5.74, 6) is 1.53. The second-order valence-electron chi connectivity index (χ2n) is 11.1. The summed E-state index contributed by atoms with van der Waals surface area (Å²) >= 11 is 0. The topological polar surface area (TPSA) is 80.9 Å². The van der Waals surface area contributed by atoms with Gasteiger partial charge in [0.15, 0.2) is 0 Å². The van der Waals surface area contributed by atoms with E-state index in [4.69, 9.17) is 4.74 Å². The van der Waals surface area contributed by atoms with Crippen LogP contribution >= 0.6 is 0 Å². The van der Waals surface area contributed by atoms with E-state index in [0.717, 1.165) is 63.9 Å². The second-order valence-corrected chi connectivity index (χ2v) is 11.1. The summed E-state index contributed by atoms with van der Waals surface area (Å²) in [6, 6.07) is 1.41. The van der Waals surface area contributed by atoms with Gasteiger partial charge in [0.05, 0.1) is 6.10 Å². The Morgan fingerprint density at radius 2 is 1.58 bits per heavy atom. The molecule has 8 heteroatoms. The van der Waals surface area contributed by atoms with Gasteiger partial charge in [-0.25, -0.2) is 4.79 Å². The predicted octanol–water partition coefficient (Wildman–Crippen LogP) is 1.92. The summed E-state index contributed by atoms with van der Waals surface area (Å²) in [5, 5.41) is 14.5. The number of amides is 2. The van der Waals surface area contributed by atoms with Crippen LogP contribution in [-0.4, -0.2) is 92.7 Å². The Morgan fingerprint density at radius 1 is 0.909 bits per heavy atom. The molecule has 0 aromatic heterocycles. The Kier molecular flexibility index (Phi) is 9.27. The van der Waals surface area contributed by atoms with Gasteiger partial charge in [0.1, 0.15) is 6.29 Å². The standard InChI is InChI=1S/C25H48N6O2/c1-18(2)30-11-13-31(14-12-30)25(32)29-22-6-4-5-21(15-22)28-24-26-16-20(17-27-24)19-7-9-23(33-3)10-8-19/h18-24,26-28H,4-17H2,1-3H3,(H,29,32). The first kappa shape index (κ1) is 25.2. The lowest BCUT2D eigenvalue weighted by Gasteiger charge is -2.41. The molecule has 4 rings (SSSR count). The first-order valence-corrected chi connectivity index (χ1v) is 13.6. The van der Waals surface area contributed by atoms with Crippen LogP contribution in [0.25, 0.3) is 0 Å². The van der Waals surface area contributed by atoms with Gasteiger partial charge < -0.3 is 15.0 Å². The van der Waals surface area contributed by atoms with Crippen LogP contribution in [-0.2, 0) is 4.74 Å². The Bertz CT molecular complexity index is 596. The molecule has 2 aliphatic heterocycles. The van der Waals surface area contributed by atoms with Crippen molar-refractivity contribution in [2.24, 2.45) is 11.8 Å². The molecule has 0 aromatic rings. The maximum absolute atomic E-state index is 12.8. The molecular formula is C25H48N6O2. The monoisotopic (exact) mass is 464 g/mol. The highest BCUT2D eigenvalue weighted by atomic mass is 16.5. The highest BCUT2D eigenvalue weighted by molar-refractivity contribution is 5.74. The van der Waals surface area contributed by atoms with Crippen molar-refractivity contribution >= 4 is 6.03 Å². The van der Waals surface area contributed by atoms with Crippen molar-refractivity contribution in [2.75, 3.05) is 46.4 Å². The fourth-order valence-electron chi connectivity index (χ4n) is 6.34. The summed E-state index contributed by atoms with van der Waals surface area (Å²) in [7, 11) is 1.85. The third-order valence-corrected chi connectivity index (χ3v) is 8.62. The number of carbonyl (C=O) groups excluding carboxylic acids is 1. The van der Waals surface area contributed by atoms with Crippen LogP contribution in [0.4, 0.5) is 4.79 Å². The normalized spacial score (nSPS) is 36.7. The Balaban J connectivity index is 1.14. The Morgan fingerprint density at radius 3 is 2.21 bits per heavy atom. The third-order valence-electron chi connectivity index (χ3n) is 8.62. The summed E-state index contributed by atoms with van der Waals surface area (Å²) in [6.07, 6.45) is 10.1. The van der Waals surface area contributed by atoms with Gasteiger partial charge in [0, 0.05) is 64.5 Å². The minimum atomic E-state index is 0.129. The minimum absolute atomic E-state index is 0.129. The number of piperazine rings is 1. The van der Waals surface area contributed by atoms with Gasteiger partial charge in [-0.2, -0.15) is 0 Å². The molecule has 4 N–H and O–H groups in total. The zero-order valence-corrected chi connectivity index (χ0v) is 21.2. The molecule has 2 aliphatic carbocycles. The van der Waals surface area contributed by atoms with Gasteiger partial charge in [-0.3, -0.25) is 20.9 Å². The molecule has 0 radical (unpaired) electrons. The summed E-state index contributed by atoms with van der Waals surface area (Å²) in [5.41, 5.74) is 0. The van der Waals surface area contributed by atoms with Crippen LogP contribution in [0.15, 0.2) is 0 Å². The molecule has 0 bridgehead atoms. The summed E-state index contributed by atoms with van der Waals surface area (Å²) < 4.78 is 5.54. The van der Waals surface area contributed by atoms with Crippen molar-refractivity contribution in [1.82, 2.24) is 31.1 Å². The molecule has 0 aromatic carbocycles. The molecule has 4 aliphatic rings. The van der Waals surface area contributed by atoms with E-state index in [1.54, 1.807) is 0 Å². The molecule has 190 valence electrons. The third kappa shape index (κ3) is 7.04. The van der Waals surface area contributed by atoms with Crippen LogP contribution in [0.2, 0.25) is 0 Å². The number of ether oxygens (including phenoxy) is 1. The molecule has 2 saturated carbocycles. The van der Waals surface area contributed by atoms with Gasteiger partial charge in [-0.1, -0.05) is 0 Å². The van der Waals surface area contributed by atoms with Gasteiger partial charge in [-0.05, 0) is 77.0 Å². The van der Waals surface area contributed by atoms with E-state index in [-0.39, 0.29) is 18.4 Å². The highest BCUT2D eigenvalue weighted by Gasteiger charge is 2.32. The van der Waals surface area contributed by atoms with E-state index >= 15 is 0 Å². The van der Waals surface area contributed by atoms with Crippen LogP contribution in [0, 0.1) is 11.8 Å². The number of urea groups is 1. The van der Waals surface area contributed by atoms with Crippen molar-refractivity contribution < 1.29 is 9.53 Å². The fraction of sp³-hybridized carbons (Fsp3) is 0.960. The van der Waals surface area contributed by atoms with E-state index in [0.29, 0.717) is 18.2 Å². The zero-order valence-electron chi connectivity index (χ0n) is 21.2. The van der Waals surface area contributed by atoms with Crippen molar-refractivity contribution in [3.05, 3.63) is 0 Å². The lowest BCUT2D eigenvalue weighted by atomic mass is 9.78. The number of methoxy groups -OCH3 is 1. The average Bonchev–Trinajstić information content (AvgIpc) is 2.85. The van der Waals surface area contributed by atoms with Gasteiger partial charge in [0.25, 0.3) is 0 Å². The van der Waals surface area contributed by atoms with Gasteiger partial charge in [0.2, 0.25) is 0 Å². The van der Waals surface area contributed by atoms with Crippen molar-refractivity contribution in [3.63, 3.8) is 0 Å². The molecule has 2 unspecified atom stereocenters. The quantitative estimate of drug-likeness (QED) is 0.481. The van der Waals surface area contributed by atoms with E-state index in [1.807, 2.05) is 12.0 Å². The highest BCUT2D eigenvalue weighted by Crippen LogP contribution is 2.31. The number of rotatable bonds is 6. The van der Waals surface area contributed by atoms with Crippen LogP contribution in [0.1, 0.15) is 65.2 Å². The predicted molar refractivity (Wildman–Crippen MR) is 132 cm³/mol. The summed E-state index contributed by atoms with van der Waals surface area (Å²) in [6.45, 7) is 10.3. The molecule has 2 amide bonds. The van der Waals surface area contributed by atoms with E-state index in [9.17, 15) is 4.79 Å². The first-order chi connectivity index (χ1) is 16.0. The number of nitrogens with one attached hydrogen (secondary N) is 4. The maximum Gasteiger partial charge on any atom is 0.317 e. The van der Waals surface area contributed by atoms with Crippen molar-refractivity contribution in [1.29, 1.82) is 0 Å². The number of hydrogen-bond donors (Lipinski definition) is 4. The van der Waals surface area contributed by atoms with E-state index in [2.05, 4.69) is 40.0 Å². The zero-order chi connectivity index (χ0) is 23.2. The van der Waals surface area contributed by atoms with Crippen LogP contribution in [0.5, 0.6) is 0 Å². The molecule has 8 nitrogen and oxygen atoms in total. The minimum Gasteiger partial charge on any atom is -0.381 e. The van der Waals surface area contributed by atoms with Gasteiger partial charge >= 0.3 is 6.03 Å². The second kappa shape index (κ2) is 12.2. The molecule has 33 heavy (non-hydrogen) atoms. The molecular weight excluding hydrogens is 416 g/mol. The SMILES string of the molecule is COC1CCC(C2CNC(NC3CCCC(NC(=O)N4CCN(C(C)C)CC4)C3)NC2)CC1. The van der Waals surface area contributed by atoms with Gasteiger partial charge in [-0.15, -0.1) is 0 Å². The van der Waals surface area contributed by atoms with Crippen molar-refractivity contribution in [3.8, 4) is 0 Å². The number of nitrogens with zero attached hydrogens (tertiary/aromatic N) is 2. The van der Waals surface area contributed by atoms with Crippen LogP contribution in [0.3, 0.4) is 0 Å². The summed E-state index contributed by atoms with van der Waals surface area (Å²) in [4.78, 5) is 17.3. The molecule has 2 atom stereocenters. The van der Waals surface area contributed by atoms with E-state index in [1.165, 1.54) is 38.5 Å². The largest absolute Gasteiger partial charge is 0.381 e. The number of carbonyl (C=O) groups is 1. The molecule has 2 heterocycles. The molecule has 4 fully saturated rings. The smallest absolute Gasteiger partial charge is 0.317 e. The number of hydrogen-bond acceptors (Lipinski definition) is 6. The first-order valence-electron chi connectivity index (χ1n) is 13.6. The lowest BCUT2D eigenvalue weighted by molar-refractivity contribution is 0.0414. The Hall–Kier alpha value is -0.930. The lowest BCUT2D eigenvalue weighted by Crippen LogP contribution is -2.63. The Labute approximate surface area is 200 Å². The maximum atomic E-state index is 12.8. The van der Waals surface area contributed by atoms with E-state index < -0.39 is 0 Å². The van der Waals surface area contributed by atoms with Crippen LogP contribution < -0.4 is 21.3 Å².